The van der Waals surface area contributed by atoms with Crippen molar-refractivity contribution in [2.75, 3.05) is 11.6 Å². The lowest BCUT2D eigenvalue weighted by Gasteiger charge is -2.25. The van der Waals surface area contributed by atoms with Crippen LogP contribution in [0, 0.1) is 0 Å². The van der Waals surface area contributed by atoms with Crippen LogP contribution in [-0.4, -0.2) is 36.3 Å². The van der Waals surface area contributed by atoms with Crippen molar-refractivity contribution in [3.8, 4) is 0 Å². The van der Waals surface area contributed by atoms with Crippen molar-refractivity contribution in [3.05, 3.63) is 30.3 Å². The number of hydrogen-bond donors (Lipinski definition) is 1. The fourth-order valence-corrected chi connectivity index (χ4v) is 2.66. The molecule has 1 aliphatic rings. The van der Waals surface area contributed by atoms with Crippen LogP contribution >= 0.6 is 0 Å². The molecule has 24 heavy (non-hydrogen) atoms. The van der Waals surface area contributed by atoms with E-state index in [0.717, 1.165) is 18.5 Å². The number of hydrogen-bond acceptors (Lipinski definition) is 5. The first-order valence-electron chi connectivity index (χ1n) is 8.49. The third kappa shape index (κ3) is 4.13. The van der Waals surface area contributed by atoms with E-state index < -0.39 is 12.0 Å². The zero-order valence-corrected chi connectivity index (χ0v) is 14.5. The summed E-state index contributed by atoms with van der Waals surface area (Å²) in [5, 5.41) is 9.01. The monoisotopic (exact) mass is 331 g/mol. The standard InChI is InChI=1S/C18H25N3O3/c1-4-13(5-2)19-17(22)16-12-15(18(23)24-6-3)20-21(16)14-10-8-7-9-11-14/h7-11,13,16H,4-6,12H2,1-3H3,(H,19,22). The van der Waals surface area contributed by atoms with Crippen LogP contribution in [0.2, 0.25) is 0 Å². The van der Waals surface area contributed by atoms with Gasteiger partial charge in [-0.1, -0.05) is 32.0 Å². The van der Waals surface area contributed by atoms with Gasteiger partial charge in [-0.15, -0.1) is 0 Å². The molecule has 6 nitrogen and oxygen atoms in total. The van der Waals surface area contributed by atoms with Gasteiger partial charge in [0.25, 0.3) is 0 Å². The predicted molar refractivity (Wildman–Crippen MR) is 93.9 cm³/mol. The van der Waals surface area contributed by atoms with Crippen LogP contribution in [-0.2, 0) is 14.3 Å². The van der Waals surface area contributed by atoms with E-state index in [-0.39, 0.29) is 30.7 Å². The minimum Gasteiger partial charge on any atom is -0.461 e. The molecule has 0 aliphatic carbocycles. The molecule has 0 spiro atoms. The maximum atomic E-state index is 12.7. The summed E-state index contributed by atoms with van der Waals surface area (Å²) in [6.45, 7) is 6.12. The Kier molecular flexibility index (Phi) is 6.35. The fourth-order valence-electron chi connectivity index (χ4n) is 2.66. The van der Waals surface area contributed by atoms with Crippen molar-refractivity contribution in [2.24, 2.45) is 5.10 Å². The van der Waals surface area contributed by atoms with Crippen LogP contribution in [0.25, 0.3) is 0 Å². The Hall–Kier alpha value is -2.37. The average Bonchev–Trinajstić information content (AvgIpc) is 3.06. The molecular weight excluding hydrogens is 306 g/mol. The zero-order chi connectivity index (χ0) is 17.5. The summed E-state index contributed by atoms with van der Waals surface area (Å²) in [7, 11) is 0. The summed E-state index contributed by atoms with van der Waals surface area (Å²) in [5.74, 6) is -0.577. The summed E-state index contributed by atoms with van der Waals surface area (Å²) >= 11 is 0. The van der Waals surface area contributed by atoms with E-state index in [2.05, 4.69) is 10.4 Å². The van der Waals surface area contributed by atoms with E-state index in [9.17, 15) is 9.59 Å². The first-order chi connectivity index (χ1) is 11.6. The highest BCUT2D eigenvalue weighted by atomic mass is 16.5. The lowest BCUT2D eigenvalue weighted by Crippen LogP contribution is -2.46. The molecular formula is C18H25N3O3. The molecule has 1 aromatic carbocycles. The number of nitrogens with one attached hydrogen (secondary N) is 1. The molecule has 2 rings (SSSR count). The number of ether oxygens (including phenoxy) is 1. The van der Waals surface area contributed by atoms with Gasteiger partial charge in [0.05, 0.1) is 12.3 Å². The smallest absolute Gasteiger partial charge is 0.354 e. The van der Waals surface area contributed by atoms with Crippen molar-refractivity contribution in [1.29, 1.82) is 0 Å². The van der Waals surface area contributed by atoms with Gasteiger partial charge in [0.15, 0.2) is 0 Å². The molecule has 0 bridgehead atoms. The lowest BCUT2D eigenvalue weighted by molar-refractivity contribution is -0.135. The lowest BCUT2D eigenvalue weighted by atomic mass is 10.1. The zero-order valence-electron chi connectivity index (χ0n) is 14.5. The van der Waals surface area contributed by atoms with Gasteiger partial charge in [-0.2, -0.15) is 5.10 Å². The molecule has 1 heterocycles. The van der Waals surface area contributed by atoms with E-state index >= 15 is 0 Å². The molecule has 1 aliphatic heterocycles. The second-order valence-corrected chi connectivity index (χ2v) is 5.69. The van der Waals surface area contributed by atoms with Crippen LogP contribution in [0.3, 0.4) is 0 Å². The van der Waals surface area contributed by atoms with E-state index in [1.165, 1.54) is 0 Å². The highest BCUT2D eigenvalue weighted by Crippen LogP contribution is 2.25. The first-order valence-corrected chi connectivity index (χ1v) is 8.49. The fraction of sp³-hybridized carbons (Fsp3) is 0.500. The number of anilines is 1. The number of para-hydroxylation sites is 1. The summed E-state index contributed by atoms with van der Waals surface area (Å²) in [4.78, 5) is 24.7. The number of rotatable bonds is 7. The van der Waals surface area contributed by atoms with Crippen LogP contribution < -0.4 is 10.3 Å². The molecule has 1 amide bonds. The number of esters is 1. The van der Waals surface area contributed by atoms with E-state index in [1.807, 2.05) is 44.2 Å². The van der Waals surface area contributed by atoms with Crippen molar-refractivity contribution >= 4 is 23.3 Å². The van der Waals surface area contributed by atoms with E-state index in [0.29, 0.717) is 0 Å². The quantitative estimate of drug-likeness (QED) is 0.779. The molecule has 0 saturated heterocycles. The van der Waals surface area contributed by atoms with Gasteiger partial charge in [0.1, 0.15) is 11.8 Å². The van der Waals surface area contributed by atoms with Crippen LogP contribution in [0.15, 0.2) is 35.4 Å². The number of nitrogens with zero attached hydrogens (tertiary/aromatic N) is 2. The topological polar surface area (TPSA) is 71.0 Å². The molecule has 1 unspecified atom stereocenters. The second kappa shape index (κ2) is 8.47. The van der Waals surface area contributed by atoms with Crippen molar-refractivity contribution in [3.63, 3.8) is 0 Å². The molecule has 0 aromatic heterocycles. The third-order valence-electron chi connectivity index (χ3n) is 4.08. The minimum atomic E-state index is -0.535. The second-order valence-electron chi connectivity index (χ2n) is 5.69. The number of carbonyl (C=O) groups excluding carboxylic acids is 2. The van der Waals surface area contributed by atoms with Crippen LogP contribution in [0.4, 0.5) is 5.69 Å². The number of benzene rings is 1. The van der Waals surface area contributed by atoms with Crippen molar-refractivity contribution in [2.45, 2.75) is 52.1 Å². The number of hydrazone groups is 1. The van der Waals surface area contributed by atoms with Gasteiger partial charge in [0.2, 0.25) is 5.91 Å². The summed E-state index contributed by atoms with van der Waals surface area (Å²) in [6, 6.07) is 8.99. The SMILES string of the molecule is CCOC(=O)C1=NN(c2ccccc2)C(C(=O)NC(CC)CC)C1. The van der Waals surface area contributed by atoms with Gasteiger partial charge in [-0.25, -0.2) is 4.79 Å². The molecule has 1 atom stereocenters. The molecule has 6 heteroatoms. The van der Waals surface area contributed by atoms with Crippen molar-refractivity contribution in [1.82, 2.24) is 5.32 Å². The predicted octanol–water partition coefficient (Wildman–Crippen LogP) is 2.49. The summed E-state index contributed by atoms with van der Waals surface area (Å²) in [5.41, 5.74) is 1.06. The van der Waals surface area contributed by atoms with Crippen LogP contribution in [0.5, 0.6) is 0 Å². The van der Waals surface area contributed by atoms with Crippen molar-refractivity contribution < 1.29 is 14.3 Å². The van der Waals surface area contributed by atoms with Gasteiger partial charge >= 0.3 is 5.97 Å². The molecule has 1 aromatic rings. The number of carbonyl (C=O) groups is 2. The Balaban J connectivity index is 2.22. The Bertz CT molecular complexity index is 597. The maximum absolute atomic E-state index is 12.7. The van der Waals surface area contributed by atoms with Gasteiger partial charge in [0, 0.05) is 12.5 Å². The van der Waals surface area contributed by atoms with Gasteiger partial charge in [-0.05, 0) is 31.9 Å². The Morgan fingerprint density at radius 3 is 2.50 bits per heavy atom. The Morgan fingerprint density at radius 2 is 1.92 bits per heavy atom. The summed E-state index contributed by atoms with van der Waals surface area (Å²) in [6.07, 6.45) is 1.98. The Morgan fingerprint density at radius 1 is 1.25 bits per heavy atom. The normalized spacial score (nSPS) is 16.9. The highest BCUT2D eigenvalue weighted by molar-refractivity contribution is 6.38. The molecule has 0 saturated carbocycles. The third-order valence-corrected chi connectivity index (χ3v) is 4.08. The average molecular weight is 331 g/mol. The first kappa shape index (κ1) is 18.0. The Labute approximate surface area is 142 Å². The molecule has 1 N–H and O–H groups in total. The van der Waals surface area contributed by atoms with Crippen LogP contribution in [0.1, 0.15) is 40.0 Å². The largest absolute Gasteiger partial charge is 0.461 e. The number of amides is 1. The molecule has 130 valence electrons. The molecule has 0 radical (unpaired) electrons. The van der Waals surface area contributed by atoms with E-state index in [1.54, 1.807) is 11.9 Å². The van der Waals surface area contributed by atoms with Gasteiger partial charge in [-0.3, -0.25) is 9.80 Å². The maximum Gasteiger partial charge on any atom is 0.354 e. The van der Waals surface area contributed by atoms with Gasteiger partial charge < -0.3 is 10.1 Å². The van der Waals surface area contributed by atoms with E-state index in [4.69, 9.17) is 4.74 Å². The highest BCUT2D eigenvalue weighted by Gasteiger charge is 2.37. The summed E-state index contributed by atoms with van der Waals surface area (Å²) < 4.78 is 5.03. The minimum absolute atomic E-state index is 0.115. The molecule has 0 fully saturated rings.